The van der Waals surface area contributed by atoms with Gasteiger partial charge in [-0.25, -0.2) is 13.4 Å². The van der Waals surface area contributed by atoms with E-state index in [-0.39, 0.29) is 17.1 Å². The zero-order valence-corrected chi connectivity index (χ0v) is 15.4. The number of benzene rings is 1. The summed E-state index contributed by atoms with van der Waals surface area (Å²) >= 11 is 0. The predicted molar refractivity (Wildman–Crippen MR) is 98.3 cm³/mol. The molecule has 0 amide bonds. The molecule has 1 N–H and O–H groups in total. The first-order chi connectivity index (χ1) is 12.8. The molecule has 4 rings (SSSR count). The number of aromatic amines is 1. The normalized spacial score (nSPS) is 15.0. The fraction of sp³-hybridized carbons (Fsp3) is 0.278. The molecule has 0 radical (unpaired) electrons. The number of H-pyrrole nitrogens is 1. The number of fused-ring (bicyclic) bond motifs is 2. The lowest BCUT2D eigenvalue weighted by Gasteiger charge is -2.27. The van der Waals surface area contributed by atoms with E-state index >= 15 is 0 Å². The Hall–Kier alpha value is -2.78. The first-order valence-electron chi connectivity index (χ1n) is 8.37. The molecule has 0 atom stereocenters. The van der Waals surface area contributed by atoms with Crippen LogP contribution in [0, 0.1) is 0 Å². The second kappa shape index (κ2) is 6.43. The molecule has 27 heavy (non-hydrogen) atoms. The molecule has 3 heterocycles. The summed E-state index contributed by atoms with van der Waals surface area (Å²) in [6, 6.07) is 7.04. The highest BCUT2D eigenvalue weighted by atomic mass is 32.2. The fourth-order valence-corrected chi connectivity index (χ4v) is 3.79. The molecule has 0 unspecified atom stereocenters. The number of nitrogens with zero attached hydrogens (tertiary/aromatic N) is 2. The maximum Gasteiger partial charge on any atom is 0.256 e. The molecule has 1 aliphatic heterocycles. The van der Waals surface area contributed by atoms with Crippen LogP contribution in [0.15, 0.2) is 49.7 Å². The van der Waals surface area contributed by atoms with Gasteiger partial charge in [0.15, 0.2) is 5.43 Å². The predicted octanol–water partition coefficient (Wildman–Crippen LogP) is 0.838. The molecule has 8 nitrogen and oxygen atoms in total. The van der Waals surface area contributed by atoms with Gasteiger partial charge >= 0.3 is 0 Å². The van der Waals surface area contributed by atoms with E-state index in [0.717, 1.165) is 6.26 Å². The van der Waals surface area contributed by atoms with Gasteiger partial charge in [-0.1, -0.05) is 12.1 Å². The van der Waals surface area contributed by atoms with Crippen molar-refractivity contribution in [3.8, 4) is 0 Å². The van der Waals surface area contributed by atoms with Gasteiger partial charge in [0.05, 0.1) is 22.9 Å². The van der Waals surface area contributed by atoms with Crippen LogP contribution in [0.25, 0.3) is 11.0 Å². The number of hydrogen-bond donors (Lipinski definition) is 1. The summed E-state index contributed by atoms with van der Waals surface area (Å²) in [5.74, 6) is 0. The number of sulfone groups is 1. The molecule has 0 aliphatic carbocycles. The Morgan fingerprint density at radius 1 is 1.26 bits per heavy atom. The van der Waals surface area contributed by atoms with Crippen molar-refractivity contribution in [3.05, 3.63) is 67.9 Å². The van der Waals surface area contributed by atoms with Crippen LogP contribution < -0.4 is 11.0 Å². The lowest BCUT2D eigenvalue weighted by Crippen LogP contribution is -2.37. The Labute approximate surface area is 154 Å². The van der Waals surface area contributed by atoms with E-state index in [0.29, 0.717) is 47.3 Å². The molecule has 2 aromatic heterocycles. The third-order valence-corrected chi connectivity index (χ3v) is 5.52. The van der Waals surface area contributed by atoms with Gasteiger partial charge in [0, 0.05) is 37.9 Å². The van der Waals surface area contributed by atoms with Crippen molar-refractivity contribution in [2.75, 3.05) is 12.8 Å². The van der Waals surface area contributed by atoms with Crippen molar-refractivity contribution < 1.29 is 12.8 Å². The molecule has 1 aromatic carbocycles. The zero-order chi connectivity index (χ0) is 19.2. The molecular weight excluding hydrogens is 370 g/mol. The van der Waals surface area contributed by atoms with E-state index in [1.54, 1.807) is 24.3 Å². The second-order valence-corrected chi connectivity index (χ2v) is 8.55. The van der Waals surface area contributed by atoms with Gasteiger partial charge in [-0.3, -0.25) is 19.5 Å². The number of rotatable bonds is 3. The van der Waals surface area contributed by atoms with Gasteiger partial charge in [0.1, 0.15) is 5.58 Å². The van der Waals surface area contributed by atoms with Gasteiger partial charge in [-0.15, -0.1) is 0 Å². The van der Waals surface area contributed by atoms with Gasteiger partial charge < -0.3 is 4.42 Å². The van der Waals surface area contributed by atoms with Crippen LogP contribution in [-0.2, 0) is 29.3 Å². The van der Waals surface area contributed by atoms with Crippen molar-refractivity contribution in [3.63, 3.8) is 0 Å². The summed E-state index contributed by atoms with van der Waals surface area (Å²) in [7, 11) is -3.58. The minimum atomic E-state index is -3.58. The Balaban J connectivity index is 1.64. The number of nitrogens with one attached hydrogen (secondary N) is 1. The Morgan fingerprint density at radius 3 is 2.81 bits per heavy atom. The van der Waals surface area contributed by atoms with E-state index in [1.807, 2.05) is 4.90 Å². The van der Waals surface area contributed by atoms with Crippen LogP contribution in [0.2, 0.25) is 0 Å². The summed E-state index contributed by atoms with van der Waals surface area (Å²) in [6.07, 6.45) is 2.89. The van der Waals surface area contributed by atoms with E-state index < -0.39 is 15.4 Å². The molecule has 140 valence electrons. The van der Waals surface area contributed by atoms with Crippen LogP contribution in [-0.4, -0.2) is 36.1 Å². The standard InChI is InChI=1S/C18H17N3O5S/c1-27(24,25)18-19-14-6-7-21(9-13(14)17(23)20-18)8-11-10-26-15-5-3-2-4-12(15)16(11)22/h2-5,10H,6-9H2,1H3,(H,19,20,23). The van der Waals surface area contributed by atoms with Crippen molar-refractivity contribution in [2.45, 2.75) is 24.7 Å². The molecule has 0 bridgehead atoms. The minimum absolute atomic E-state index is 0.0953. The van der Waals surface area contributed by atoms with Crippen molar-refractivity contribution in [2.24, 2.45) is 0 Å². The molecule has 0 saturated carbocycles. The van der Waals surface area contributed by atoms with Gasteiger partial charge in [-0.2, -0.15) is 0 Å². The van der Waals surface area contributed by atoms with Crippen LogP contribution in [0.1, 0.15) is 16.8 Å². The highest BCUT2D eigenvalue weighted by Gasteiger charge is 2.24. The second-order valence-electron chi connectivity index (χ2n) is 6.62. The van der Waals surface area contributed by atoms with Gasteiger partial charge in [-0.05, 0) is 12.1 Å². The maximum absolute atomic E-state index is 12.6. The summed E-state index contributed by atoms with van der Waals surface area (Å²) in [5, 5.41) is 0.208. The van der Waals surface area contributed by atoms with E-state index in [2.05, 4.69) is 9.97 Å². The van der Waals surface area contributed by atoms with Gasteiger partial charge in [0.25, 0.3) is 5.56 Å². The molecular formula is C18H17N3O5S. The molecule has 0 saturated heterocycles. The Morgan fingerprint density at radius 2 is 2.04 bits per heavy atom. The molecule has 0 fully saturated rings. The zero-order valence-electron chi connectivity index (χ0n) is 14.6. The van der Waals surface area contributed by atoms with Crippen molar-refractivity contribution >= 4 is 20.8 Å². The van der Waals surface area contributed by atoms with E-state index in [4.69, 9.17) is 4.42 Å². The quantitative estimate of drug-likeness (QED) is 0.663. The molecule has 1 aliphatic rings. The molecule has 3 aromatic rings. The molecule has 0 spiro atoms. The lowest BCUT2D eigenvalue weighted by atomic mass is 10.1. The summed E-state index contributed by atoms with van der Waals surface area (Å²) < 4.78 is 28.8. The van der Waals surface area contributed by atoms with Crippen LogP contribution in [0.5, 0.6) is 0 Å². The SMILES string of the molecule is CS(=O)(=O)c1nc2c(c(=O)[nH]1)CN(Cc1coc3ccccc3c1=O)CC2. The smallest absolute Gasteiger partial charge is 0.256 e. The Bertz CT molecular complexity index is 1260. The average molecular weight is 387 g/mol. The van der Waals surface area contributed by atoms with Crippen molar-refractivity contribution in [1.82, 2.24) is 14.9 Å². The first-order valence-corrected chi connectivity index (χ1v) is 10.3. The maximum atomic E-state index is 12.6. The van der Waals surface area contributed by atoms with Gasteiger partial charge in [0.2, 0.25) is 15.0 Å². The van der Waals surface area contributed by atoms with E-state index in [9.17, 15) is 18.0 Å². The van der Waals surface area contributed by atoms with Crippen LogP contribution in [0.4, 0.5) is 0 Å². The number of para-hydroxylation sites is 1. The average Bonchev–Trinajstić information content (AvgIpc) is 2.64. The summed E-state index contributed by atoms with van der Waals surface area (Å²) in [5.41, 5.74) is 1.40. The van der Waals surface area contributed by atoms with Crippen molar-refractivity contribution in [1.29, 1.82) is 0 Å². The van der Waals surface area contributed by atoms with Crippen LogP contribution in [0.3, 0.4) is 0 Å². The topological polar surface area (TPSA) is 113 Å². The summed E-state index contributed by atoms with van der Waals surface area (Å²) in [4.78, 5) is 33.3. The highest BCUT2D eigenvalue weighted by molar-refractivity contribution is 7.90. The number of aromatic nitrogens is 2. The van der Waals surface area contributed by atoms with E-state index in [1.165, 1.54) is 6.26 Å². The Kier molecular flexibility index (Phi) is 4.20. The van der Waals surface area contributed by atoms with Crippen LogP contribution >= 0.6 is 0 Å². The molecule has 9 heteroatoms. The largest absolute Gasteiger partial charge is 0.464 e. The third kappa shape index (κ3) is 3.31. The minimum Gasteiger partial charge on any atom is -0.464 e. The monoisotopic (exact) mass is 387 g/mol. The first kappa shape index (κ1) is 17.6. The number of hydrogen-bond acceptors (Lipinski definition) is 7. The fourth-order valence-electron chi connectivity index (χ4n) is 3.24. The highest BCUT2D eigenvalue weighted by Crippen LogP contribution is 2.18. The summed E-state index contributed by atoms with van der Waals surface area (Å²) in [6.45, 7) is 1.17. The lowest BCUT2D eigenvalue weighted by molar-refractivity contribution is 0.238. The third-order valence-electron chi connectivity index (χ3n) is 4.62.